The molecule has 1 saturated carbocycles. The Labute approximate surface area is 175 Å². The molecule has 0 aromatic carbocycles. The summed E-state index contributed by atoms with van der Waals surface area (Å²) in [7, 11) is 0. The fourth-order valence-electron chi connectivity index (χ4n) is 3.80. The fourth-order valence-corrected chi connectivity index (χ4v) is 3.80. The number of aliphatic imine (C=N–C) groups is 1. The van der Waals surface area contributed by atoms with Crippen molar-refractivity contribution in [3.05, 3.63) is 0 Å². The lowest BCUT2D eigenvalue weighted by molar-refractivity contribution is 0.0963. The summed E-state index contributed by atoms with van der Waals surface area (Å²) in [6, 6.07) is 0.373. The van der Waals surface area contributed by atoms with E-state index in [1.165, 1.54) is 38.5 Å². The lowest BCUT2D eigenvalue weighted by Crippen LogP contribution is -2.49. The van der Waals surface area contributed by atoms with Crippen molar-refractivity contribution in [3.8, 4) is 0 Å². The molecule has 7 heteroatoms. The first kappa shape index (κ1) is 23.3. The first-order valence-electron chi connectivity index (χ1n) is 10.2. The van der Waals surface area contributed by atoms with Gasteiger partial charge in [0.15, 0.2) is 5.96 Å². The predicted octanol–water partition coefficient (Wildman–Crippen LogP) is 3.75. The van der Waals surface area contributed by atoms with Gasteiger partial charge >= 0.3 is 6.09 Å². The second-order valence-corrected chi connectivity index (χ2v) is 7.16. The van der Waals surface area contributed by atoms with Crippen molar-refractivity contribution in [2.75, 3.05) is 32.8 Å². The molecule has 0 aromatic heterocycles. The third-order valence-corrected chi connectivity index (χ3v) is 5.22. The first-order chi connectivity index (χ1) is 12.2. The maximum absolute atomic E-state index is 11.8. The number of piperidine rings is 1. The van der Waals surface area contributed by atoms with Crippen LogP contribution in [-0.2, 0) is 4.74 Å². The van der Waals surface area contributed by atoms with Gasteiger partial charge in [0.1, 0.15) is 0 Å². The molecule has 0 radical (unpaired) electrons. The molecule has 0 atom stereocenters. The van der Waals surface area contributed by atoms with Crippen molar-refractivity contribution in [2.45, 2.75) is 71.3 Å². The molecule has 2 aliphatic rings. The molecule has 1 amide bonds. The van der Waals surface area contributed by atoms with Crippen LogP contribution in [0.4, 0.5) is 4.79 Å². The number of hydrogen-bond donors (Lipinski definition) is 2. The molecule has 2 fully saturated rings. The van der Waals surface area contributed by atoms with Gasteiger partial charge in [0.25, 0.3) is 0 Å². The highest BCUT2D eigenvalue weighted by atomic mass is 127. The molecular formula is C19H37IN4O2. The quantitative estimate of drug-likeness (QED) is 0.252. The van der Waals surface area contributed by atoms with Crippen LogP contribution in [0, 0.1) is 5.92 Å². The maximum atomic E-state index is 11.8. The Morgan fingerprint density at radius 3 is 2.46 bits per heavy atom. The minimum absolute atomic E-state index is 0. The van der Waals surface area contributed by atoms with Crippen LogP contribution in [0.15, 0.2) is 4.99 Å². The van der Waals surface area contributed by atoms with Crippen molar-refractivity contribution in [3.63, 3.8) is 0 Å². The summed E-state index contributed by atoms with van der Waals surface area (Å²) in [6.45, 7) is 7.64. The van der Waals surface area contributed by atoms with Gasteiger partial charge in [0.2, 0.25) is 0 Å². The number of carbonyl (C=O) groups is 1. The Bertz CT molecular complexity index is 420. The molecule has 1 aliphatic carbocycles. The van der Waals surface area contributed by atoms with E-state index in [0.717, 1.165) is 50.9 Å². The highest BCUT2D eigenvalue weighted by Gasteiger charge is 2.24. The van der Waals surface area contributed by atoms with Crippen molar-refractivity contribution in [1.29, 1.82) is 0 Å². The smallest absolute Gasteiger partial charge is 0.409 e. The van der Waals surface area contributed by atoms with Crippen LogP contribution < -0.4 is 10.6 Å². The molecule has 0 spiro atoms. The zero-order chi connectivity index (χ0) is 17.9. The number of carbonyl (C=O) groups excluding carboxylic acids is 1. The first-order valence-corrected chi connectivity index (χ1v) is 10.2. The van der Waals surface area contributed by atoms with Crippen molar-refractivity contribution in [1.82, 2.24) is 15.5 Å². The lowest BCUT2D eigenvalue weighted by Gasteiger charge is -2.32. The van der Waals surface area contributed by atoms with Gasteiger partial charge in [-0.15, -0.1) is 24.0 Å². The molecular weight excluding hydrogens is 443 g/mol. The van der Waals surface area contributed by atoms with Crippen LogP contribution in [0.25, 0.3) is 0 Å². The second kappa shape index (κ2) is 13.4. The van der Waals surface area contributed by atoms with Gasteiger partial charge in [-0.1, -0.05) is 25.7 Å². The van der Waals surface area contributed by atoms with Crippen LogP contribution in [0.2, 0.25) is 0 Å². The largest absolute Gasteiger partial charge is 0.450 e. The number of halogens is 1. The Kier molecular flexibility index (Phi) is 12.0. The van der Waals surface area contributed by atoms with Crippen LogP contribution in [0.5, 0.6) is 0 Å². The zero-order valence-corrected chi connectivity index (χ0v) is 18.8. The van der Waals surface area contributed by atoms with Crippen LogP contribution >= 0.6 is 24.0 Å². The summed E-state index contributed by atoms with van der Waals surface area (Å²) in [5.41, 5.74) is 0. The van der Waals surface area contributed by atoms with E-state index in [9.17, 15) is 4.79 Å². The molecule has 1 heterocycles. The maximum Gasteiger partial charge on any atom is 0.409 e. The molecule has 1 saturated heterocycles. The summed E-state index contributed by atoms with van der Waals surface area (Å²) in [5, 5.41) is 6.88. The van der Waals surface area contributed by atoms with E-state index >= 15 is 0 Å². The number of nitrogens with one attached hydrogen (secondary N) is 2. The lowest BCUT2D eigenvalue weighted by atomic mass is 10.0. The summed E-state index contributed by atoms with van der Waals surface area (Å²) >= 11 is 0. The molecule has 152 valence electrons. The molecule has 0 unspecified atom stereocenters. The standard InChI is InChI=1S/C19H36N4O2.HI/c1-3-20-18(21-13-7-10-16-8-5-6-9-16)22-17-11-14-23(15-12-17)19(24)25-4-2;/h16-17H,3-15H2,1-2H3,(H2,20,21,22);1H. The molecule has 0 aromatic rings. The van der Waals surface area contributed by atoms with Gasteiger partial charge < -0.3 is 20.3 Å². The summed E-state index contributed by atoms with van der Waals surface area (Å²) in [6.07, 6.45) is 9.86. The molecule has 2 rings (SSSR count). The second-order valence-electron chi connectivity index (χ2n) is 7.16. The van der Waals surface area contributed by atoms with Crippen LogP contribution in [0.1, 0.15) is 65.2 Å². The molecule has 6 nitrogen and oxygen atoms in total. The third kappa shape index (κ3) is 8.31. The zero-order valence-electron chi connectivity index (χ0n) is 16.5. The molecule has 1 aliphatic heterocycles. The minimum Gasteiger partial charge on any atom is -0.450 e. The highest BCUT2D eigenvalue weighted by Crippen LogP contribution is 2.28. The van der Waals surface area contributed by atoms with Gasteiger partial charge in [0.05, 0.1) is 6.61 Å². The van der Waals surface area contributed by atoms with E-state index in [4.69, 9.17) is 9.73 Å². The number of likely N-dealkylation sites (tertiary alicyclic amines) is 1. The van der Waals surface area contributed by atoms with Crippen molar-refractivity contribution in [2.24, 2.45) is 10.9 Å². The number of guanidine groups is 1. The van der Waals surface area contributed by atoms with E-state index in [-0.39, 0.29) is 30.1 Å². The summed E-state index contributed by atoms with van der Waals surface area (Å²) in [5.74, 6) is 1.86. The summed E-state index contributed by atoms with van der Waals surface area (Å²) < 4.78 is 5.07. The SMILES string of the molecule is CCNC(=NCCCC1CCCC1)NC1CCN(C(=O)OCC)CC1.I. The number of rotatable bonds is 7. The number of ether oxygens (including phenoxy) is 1. The minimum atomic E-state index is -0.187. The molecule has 26 heavy (non-hydrogen) atoms. The number of amides is 1. The number of hydrogen-bond acceptors (Lipinski definition) is 3. The Hall–Kier alpha value is -0.730. The van der Waals surface area contributed by atoms with Gasteiger partial charge in [-0.25, -0.2) is 4.79 Å². The Balaban J connectivity index is 0.00000338. The normalized spacial score (nSPS) is 19.2. The predicted molar refractivity (Wildman–Crippen MR) is 117 cm³/mol. The Morgan fingerprint density at radius 1 is 1.15 bits per heavy atom. The topological polar surface area (TPSA) is 66.0 Å². The van der Waals surface area contributed by atoms with Gasteiger partial charge in [0, 0.05) is 32.2 Å². The van der Waals surface area contributed by atoms with E-state index in [0.29, 0.717) is 12.6 Å². The van der Waals surface area contributed by atoms with Gasteiger partial charge in [-0.05, 0) is 45.4 Å². The fraction of sp³-hybridized carbons (Fsp3) is 0.895. The van der Waals surface area contributed by atoms with Gasteiger partial charge in [-0.2, -0.15) is 0 Å². The van der Waals surface area contributed by atoms with Crippen LogP contribution in [-0.4, -0.2) is 55.8 Å². The van der Waals surface area contributed by atoms with Crippen LogP contribution in [0.3, 0.4) is 0 Å². The van der Waals surface area contributed by atoms with E-state index < -0.39 is 0 Å². The van der Waals surface area contributed by atoms with E-state index in [1.807, 2.05) is 6.92 Å². The average Bonchev–Trinajstić information content (AvgIpc) is 3.13. The highest BCUT2D eigenvalue weighted by molar-refractivity contribution is 14.0. The van der Waals surface area contributed by atoms with Gasteiger partial charge in [-0.3, -0.25) is 4.99 Å². The molecule has 0 bridgehead atoms. The molecule has 2 N–H and O–H groups in total. The van der Waals surface area contributed by atoms with Crippen molar-refractivity contribution >= 4 is 36.0 Å². The van der Waals surface area contributed by atoms with Crippen molar-refractivity contribution < 1.29 is 9.53 Å². The van der Waals surface area contributed by atoms with E-state index in [1.54, 1.807) is 4.90 Å². The Morgan fingerprint density at radius 2 is 1.85 bits per heavy atom. The average molecular weight is 480 g/mol. The number of nitrogens with zero attached hydrogens (tertiary/aromatic N) is 2. The summed E-state index contributed by atoms with van der Waals surface area (Å²) in [4.78, 5) is 18.3. The van der Waals surface area contributed by atoms with E-state index in [2.05, 4.69) is 17.6 Å². The third-order valence-electron chi connectivity index (χ3n) is 5.22. The monoisotopic (exact) mass is 480 g/mol.